The molecular weight excluding hydrogens is 412 g/mol. The zero-order valence-corrected chi connectivity index (χ0v) is 18.1. The number of piperidine rings is 1. The summed E-state index contributed by atoms with van der Waals surface area (Å²) in [5, 5.41) is 3.27. The van der Waals surface area contributed by atoms with Crippen LogP contribution in [0.1, 0.15) is 45.8 Å². The van der Waals surface area contributed by atoms with Gasteiger partial charge in [-0.25, -0.2) is 9.78 Å². The van der Waals surface area contributed by atoms with Gasteiger partial charge < -0.3 is 21.7 Å². The van der Waals surface area contributed by atoms with Crippen LogP contribution in [0.2, 0.25) is 0 Å². The van der Waals surface area contributed by atoms with E-state index in [0.717, 1.165) is 43.9 Å². The lowest BCUT2D eigenvalue weighted by molar-refractivity contribution is 0.100. The molecule has 0 bridgehead atoms. The SMILES string of the molecule is NC(=O)c1sc(C#Cc2ccc(N3CCCC3)nc2)cc1N(C(N)=O)[C@H]1CCCNC1. The van der Waals surface area contributed by atoms with Gasteiger partial charge in [0, 0.05) is 31.4 Å². The number of nitrogens with zero attached hydrogens (tertiary/aromatic N) is 3. The van der Waals surface area contributed by atoms with Gasteiger partial charge in [0.15, 0.2) is 0 Å². The fourth-order valence-electron chi connectivity index (χ4n) is 4.07. The van der Waals surface area contributed by atoms with Crippen molar-refractivity contribution in [3.8, 4) is 11.8 Å². The van der Waals surface area contributed by atoms with Crippen molar-refractivity contribution < 1.29 is 9.59 Å². The number of primary amides is 2. The van der Waals surface area contributed by atoms with Crippen LogP contribution in [0.15, 0.2) is 24.4 Å². The third-order valence-electron chi connectivity index (χ3n) is 5.58. The van der Waals surface area contributed by atoms with Gasteiger partial charge in [-0.05, 0) is 50.4 Å². The number of urea groups is 1. The maximum absolute atomic E-state index is 12.2. The van der Waals surface area contributed by atoms with Crippen LogP contribution in [0.4, 0.5) is 16.3 Å². The predicted molar refractivity (Wildman–Crippen MR) is 122 cm³/mol. The number of amides is 3. The van der Waals surface area contributed by atoms with Gasteiger partial charge in [0.05, 0.1) is 16.6 Å². The second kappa shape index (κ2) is 9.37. The standard InChI is InChI=1S/C22H26N6O2S/c23-21(29)20-18(28(22(24)30)16-4-3-9-25-14-16)12-17(31-20)7-5-15-6-8-19(26-13-15)27-10-1-2-11-27/h6,8,12-13,16,25H,1-4,9-11,14H2,(H2,23,29)(H2,24,30)/t16-/m0/s1. The quantitative estimate of drug-likeness (QED) is 0.630. The smallest absolute Gasteiger partial charge is 0.319 e. The summed E-state index contributed by atoms with van der Waals surface area (Å²) in [4.78, 5) is 33.5. The molecule has 2 aliphatic rings. The van der Waals surface area contributed by atoms with E-state index in [4.69, 9.17) is 11.5 Å². The number of carbonyl (C=O) groups is 2. The van der Waals surface area contributed by atoms with Crippen LogP contribution in [-0.2, 0) is 0 Å². The number of nitrogens with two attached hydrogens (primary N) is 2. The van der Waals surface area contributed by atoms with E-state index < -0.39 is 11.9 Å². The first-order valence-electron chi connectivity index (χ1n) is 10.5. The number of hydrogen-bond acceptors (Lipinski definition) is 6. The lowest BCUT2D eigenvalue weighted by atomic mass is 10.1. The summed E-state index contributed by atoms with van der Waals surface area (Å²) in [7, 11) is 0. The maximum Gasteiger partial charge on any atom is 0.319 e. The molecule has 0 aliphatic carbocycles. The van der Waals surface area contributed by atoms with Crippen molar-refractivity contribution in [1.82, 2.24) is 10.3 Å². The summed E-state index contributed by atoms with van der Waals surface area (Å²) in [6, 6.07) is 4.93. The summed E-state index contributed by atoms with van der Waals surface area (Å²) in [6.07, 6.45) is 5.89. The molecule has 2 aliphatic heterocycles. The van der Waals surface area contributed by atoms with Crippen molar-refractivity contribution in [2.75, 3.05) is 36.0 Å². The van der Waals surface area contributed by atoms with Crippen LogP contribution in [-0.4, -0.2) is 49.1 Å². The topological polar surface area (TPSA) is 118 Å². The van der Waals surface area contributed by atoms with Crippen LogP contribution in [0, 0.1) is 11.8 Å². The van der Waals surface area contributed by atoms with Crippen LogP contribution in [0.3, 0.4) is 0 Å². The average molecular weight is 439 g/mol. The molecule has 4 heterocycles. The van der Waals surface area contributed by atoms with E-state index in [1.54, 1.807) is 12.3 Å². The molecule has 0 saturated carbocycles. The van der Waals surface area contributed by atoms with E-state index >= 15 is 0 Å². The first-order chi connectivity index (χ1) is 15.0. The van der Waals surface area contributed by atoms with Crippen molar-refractivity contribution >= 4 is 34.8 Å². The molecule has 5 N–H and O–H groups in total. The summed E-state index contributed by atoms with van der Waals surface area (Å²) in [5.41, 5.74) is 12.5. The van der Waals surface area contributed by atoms with Gasteiger partial charge in [0.1, 0.15) is 10.7 Å². The Morgan fingerprint density at radius 1 is 1.19 bits per heavy atom. The molecule has 3 amide bonds. The molecule has 0 aromatic carbocycles. The number of rotatable bonds is 4. The zero-order chi connectivity index (χ0) is 21.8. The van der Waals surface area contributed by atoms with Gasteiger partial charge in [-0.2, -0.15) is 0 Å². The third kappa shape index (κ3) is 4.81. The number of aromatic nitrogens is 1. The fourth-order valence-corrected chi connectivity index (χ4v) is 4.93. The number of carbonyl (C=O) groups excluding carboxylic acids is 2. The number of thiophene rings is 1. The van der Waals surface area contributed by atoms with Crippen molar-refractivity contribution in [3.63, 3.8) is 0 Å². The normalized spacial score (nSPS) is 18.3. The zero-order valence-electron chi connectivity index (χ0n) is 17.3. The average Bonchev–Trinajstić information content (AvgIpc) is 3.44. The number of hydrogen-bond donors (Lipinski definition) is 3. The molecule has 162 valence electrons. The molecule has 2 fully saturated rings. The van der Waals surface area contributed by atoms with E-state index in [9.17, 15) is 9.59 Å². The van der Waals surface area contributed by atoms with E-state index in [1.807, 2.05) is 12.1 Å². The number of anilines is 2. The Morgan fingerprint density at radius 3 is 2.61 bits per heavy atom. The van der Waals surface area contributed by atoms with Gasteiger partial charge >= 0.3 is 6.03 Å². The lowest BCUT2D eigenvalue weighted by Crippen LogP contribution is -2.51. The van der Waals surface area contributed by atoms with Crippen molar-refractivity contribution in [3.05, 3.63) is 39.7 Å². The van der Waals surface area contributed by atoms with E-state index in [2.05, 4.69) is 27.0 Å². The Bertz CT molecular complexity index is 1010. The lowest BCUT2D eigenvalue weighted by Gasteiger charge is -2.33. The molecule has 2 aromatic heterocycles. The van der Waals surface area contributed by atoms with Gasteiger partial charge in [-0.3, -0.25) is 9.69 Å². The summed E-state index contributed by atoms with van der Waals surface area (Å²) in [6.45, 7) is 3.60. The Kier molecular flexibility index (Phi) is 6.39. The summed E-state index contributed by atoms with van der Waals surface area (Å²) in [5.74, 6) is 6.53. The Hall–Kier alpha value is -3.09. The molecule has 0 spiro atoms. The molecule has 1 atom stereocenters. The second-order valence-corrected chi connectivity index (χ2v) is 8.80. The van der Waals surface area contributed by atoms with Gasteiger partial charge in [-0.1, -0.05) is 11.8 Å². The first kappa shape index (κ1) is 21.2. The van der Waals surface area contributed by atoms with E-state index in [0.29, 0.717) is 17.1 Å². The molecule has 0 unspecified atom stereocenters. The van der Waals surface area contributed by atoms with Crippen molar-refractivity contribution in [2.45, 2.75) is 31.7 Å². The summed E-state index contributed by atoms with van der Waals surface area (Å²) < 4.78 is 0. The van der Waals surface area contributed by atoms with Crippen LogP contribution in [0.5, 0.6) is 0 Å². The van der Waals surface area contributed by atoms with Crippen molar-refractivity contribution in [2.24, 2.45) is 11.5 Å². The molecule has 4 rings (SSSR count). The van der Waals surface area contributed by atoms with Crippen molar-refractivity contribution in [1.29, 1.82) is 0 Å². The molecule has 8 nitrogen and oxygen atoms in total. The Morgan fingerprint density at radius 2 is 2.00 bits per heavy atom. The molecule has 31 heavy (non-hydrogen) atoms. The molecule has 2 aromatic rings. The molecule has 9 heteroatoms. The number of nitrogens with one attached hydrogen (secondary N) is 1. The molecule has 0 radical (unpaired) electrons. The summed E-state index contributed by atoms with van der Waals surface area (Å²) >= 11 is 1.17. The molecular formula is C22H26N6O2S. The highest BCUT2D eigenvalue weighted by atomic mass is 32.1. The predicted octanol–water partition coefficient (Wildman–Crippen LogP) is 1.88. The van der Waals surface area contributed by atoms with E-state index in [-0.39, 0.29) is 10.9 Å². The third-order valence-corrected chi connectivity index (χ3v) is 6.63. The van der Waals surface area contributed by atoms with Gasteiger partial charge in [0.2, 0.25) is 0 Å². The minimum Gasteiger partial charge on any atom is -0.365 e. The van der Waals surface area contributed by atoms with Gasteiger partial charge in [0.25, 0.3) is 5.91 Å². The molecule has 2 saturated heterocycles. The number of pyridine rings is 1. The van der Waals surface area contributed by atoms with Crippen LogP contribution in [0.25, 0.3) is 0 Å². The maximum atomic E-state index is 12.2. The minimum absolute atomic E-state index is 0.123. The van der Waals surface area contributed by atoms with E-state index in [1.165, 1.54) is 29.1 Å². The highest BCUT2D eigenvalue weighted by Crippen LogP contribution is 2.32. The second-order valence-electron chi connectivity index (χ2n) is 7.75. The first-order valence-corrected chi connectivity index (χ1v) is 11.3. The fraction of sp³-hybridized carbons (Fsp3) is 0.409. The monoisotopic (exact) mass is 438 g/mol. The van der Waals surface area contributed by atoms with Crippen LogP contribution >= 0.6 is 11.3 Å². The van der Waals surface area contributed by atoms with Gasteiger partial charge in [-0.15, -0.1) is 11.3 Å². The Labute approximate surface area is 185 Å². The largest absolute Gasteiger partial charge is 0.365 e. The minimum atomic E-state index is -0.602. The highest BCUT2D eigenvalue weighted by Gasteiger charge is 2.29. The van der Waals surface area contributed by atoms with Crippen LogP contribution < -0.4 is 26.6 Å². The highest BCUT2D eigenvalue weighted by molar-refractivity contribution is 7.15. The Balaban J connectivity index is 1.58.